The summed E-state index contributed by atoms with van der Waals surface area (Å²) in [6, 6.07) is 12.8. The van der Waals surface area contributed by atoms with Crippen molar-refractivity contribution in [2.45, 2.75) is 6.92 Å². The average Bonchev–Trinajstić information content (AvgIpc) is 2.69. The zero-order valence-corrected chi connectivity index (χ0v) is 16.9. The summed E-state index contributed by atoms with van der Waals surface area (Å²) in [5.74, 6) is -2.66. The van der Waals surface area contributed by atoms with Crippen LogP contribution in [0.25, 0.3) is 0 Å². The molecule has 2 aromatic carbocycles. The number of hydrogen-bond donors (Lipinski definition) is 1. The van der Waals surface area contributed by atoms with Gasteiger partial charge in [0.15, 0.2) is 11.0 Å². The summed E-state index contributed by atoms with van der Waals surface area (Å²) >= 11 is 11.0. The fourth-order valence-electron chi connectivity index (χ4n) is 2.62. The number of carbonyl (C=O) groups is 3. The van der Waals surface area contributed by atoms with Crippen molar-refractivity contribution >= 4 is 64.3 Å². The molecule has 1 atom stereocenters. The monoisotopic (exact) mass is 429 g/mol. The second-order valence-corrected chi connectivity index (χ2v) is 6.79. The standard InChI is InChI=1S/C20H16ClN3O4S/c1-2-28-19(27)12-3-7-14(8-4-12)22-11-16-17(25)23-20(29)24(18(16)26)15-9-5-13(21)6-10-15/h3-11,16H,2H2,1H3,(H,23,25,29)/t16-/m1/s1. The van der Waals surface area contributed by atoms with E-state index in [9.17, 15) is 14.4 Å². The first kappa shape index (κ1) is 20.6. The molecule has 29 heavy (non-hydrogen) atoms. The predicted molar refractivity (Wildman–Crippen MR) is 114 cm³/mol. The van der Waals surface area contributed by atoms with Gasteiger partial charge in [0.2, 0.25) is 5.91 Å². The number of thiocarbonyl (C=S) groups is 1. The van der Waals surface area contributed by atoms with Crippen LogP contribution in [0.15, 0.2) is 53.5 Å². The molecule has 1 saturated heterocycles. The fourth-order valence-corrected chi connectivity index (χ4v) is 3.04. The first-order chi connectivity index (χ1) is 13.9. The van der Waals surface area contributed by atoms with Crippen molar-refractivity contribution in [3.63, 3.8) is 0 Å². The Morgan fingerprint density at radius 3 is 2.48 bits per heavy atom. The molecule has 148 valence electrons. The molecule has 1 aliphatic rings. The number of aliphatic imine (C=N–C) groups is 1. The molecule has 7 nitrogen and oxygen atoms in total. The Morgan fingerprint density at radius 1 is 1.21 bits per heavy atom. The van der Waals surface area contributed by atoms with E-state index in [-0.39, 0.29) is 11.7 Å². The highest BCUT2D eigenvalue weighted by atomic mass is 35.5. The lowest BCUT2D eigenvalue weighted by molar-refractivity contribution is -0.130. The van der Waals surface area contributed by atoms with Crippen LogP contribution in [0.1, 0.15) is 17.3 Å². The summed E-state index contributed by atoms with van der Waals surface area (Å²) in [7, 11) is 0. The van der Waals surface area contributed by atoms with Gasteiger partial charge in [-0.15, -0.1) is 0 Å². The second-order valence-electron chi connectivity index (χ2n) is 5.97. The van der Waals surface area contributed by atoms with E-state index in [0.29, 0.717) is 22.0 Å². The van der Waals surface area contributed by atoms with E-state index in [1.165, 1.54) is 11.1 Å². The lowest BCUT2D eigenvalue weighted by Crippen LogP contribution is -2.58. The van der Waals surface area contributed by atoms with Crippen molar-refractivity contribution in [1.82, 2.24) is 5.32 Å². The van der Waals surface area contributed by atoms with Crippen molar-refractivity contribution in [3.05, 3.63) is 59.1 Å². The van der Waals surface area contributed by atoms with Gasteiger partial charge < -0.3 is 10.1 Å². The SMILES string of the molecule is CCOC(=O)c1ccc(N=C[C@@H]2C(=O)NC(=S)N(c3ccc(Cl)cc3)C2=O)cc1. The molecule has 1 heterocycles. The molecule has 2 aromatic rings. The summed E-state index contributed by atoms with van der Waals surface area (Å²) in [6.07, 6.45) is 1.25. The summed E-state index contributed by atoms with van der Waals surface area (Å²) in [4.78, 5) is 42.2. The van der Waals surface area contributed by atoms with E-state index in [0.717, 1.165) is 0 Å². The number of ether oxygens (including phenoxy) is 1. The smallest absolute Gasteiger partial charge is 0.338 e. The zero-order valence-electron chi connectivity index (χ0n) is 15.3. The van der Waals surface area contributed by atoms with Crippen molar-refractivity contribution < 1.29 is 19.1 Å². The van der Waals surface area contributed by atoms with E-state index in [1.807, 2.05) is 0 Å². The van der Waals surface area contributed by atoms with Crippen LogP contribution in [0.2, 0.25) is 5.02 Å². The maximum Gasteiger partial charge on any atom is 0.338 e. The number of esters is 1. The average molecular weight is 430 g/mol. The topological polar surface area (TPSA) is 88.1 Å². The maximum atomic E-state index is 12.9. The number of amides is 2. The third-order valence-corrected chi connectivity index (χ3v) is 4.57. The van der Waals surface area contributed by atoms with Crippen LogP contribution in [-0.2, 0) is 14.3 Å². The van der Waals surface area contributed by atoms with Crippen molar-refractivity contribution in [3.8, 4) is 0 Å². The first-order valence-electron chi connectivity index (χ1n) is 8.66. The molecule has 0 saturated carbocycles. The minimum Gasteiger partial charge on any atom is -0.462 e. The summed E-state index contributed by atoms with van der Waals surface area (Å²) in [5.41, 5.74) is 1.35. The van der Waals surface area contributed by atoms with Gasteiger partial charge in [0, 0.05) is 11.2 Å². The molecule has 0 bridgehead atoms. The molecule has 9 heteroatoms. The Hall–Kier alpha value is -3.10. The number of nitrogens with zero attached hydrogens (tertiary/aromatic N) is 2. The summed E-state index contributed by atoms with van der Waals surface area (Å²) in [5, 5.41) is 3.01. The first-order valence-corrected chi connectivity index (χ1v) is 9.45. The van der Waals surface area contributed by atoms with Gasteiger partial charge in [0.25, 0.3) is 5.91 Å². The molecule has 2 amide bonds. The van der Waals surface area contributed by atoms with E-state index in [1.54, 1.807) is 55.5 Å². The van der Waals surface area contributed by atoms with Gasteiger partial charge in [-0.2, -0.15) is 0 Å². The largest absolute Gasteiger partial charge is 0.462 e. The van der Waals surface area contributed by atoms with E-state index in [4.69, 9.17) is 28.6 Å². The lowest BCUT2D eigenvalue weighted by Gasteiger charge is -2.30. The van der Waals surface area contributed by atoms with Gasteiger partial charge in [-0.1, -0.05) is 11.6 Å². The van der Waals surface area contributed by atoms with Crippen LogP contribution >= 0.6 is 23.8 Å². The summed E-state index contributed by atoms with van der Waals surface area (Å²) in [6.45, 7) is 2.01. The lowest BCUT2D eigenvalue weighted by atomic mass is 10.1. The molecule has 0 unspecified atom stereocenters. The van der Waals surface area contributed by atoms with Crippen molar-refractivity contribution in [1.29, 1.82) is 0 Å². The minimum absolute atomic E-state index is 0.00855. The van der Waals surface area contributed by atoms with Gasteiger partial charge in [0.1, 0.15) is 0 Å². The Kier molecular flexibility index (Phi) is 6.36. The van der Waals surface area contributed by atoms with E-state index < -0.39 is 23.7 Å². The Balaban J connectivity index is 1.79. The highest BCUT2D eigenvalue weighted by Gasteiger charge is 2.38. The number of benzene rings is 2. The van der Waals surface area contributed by atoms with Gasteiger partial charge in [0.05, 0.1) is 23.5 Å². The Bertz CT molecular complexity index is 990. The van der Waals surface area contributed by atoms with E-state index in [2.05, 4.69) is 10.3 Å². The number of hydrogen-bond acceptors (Lipinski definition) is 6. The molecule has 1 N–H and O–H groups in total. The van der Waals surface area contributed by atoms with Crippen molar-refractivity contribution in [2.75, 3.05) is 11.5 Å². The number of carbonyl (C=O) groups excluding carboxylic acids is 3. The Morgan fingerprint density at radius 2 is 1.86 bits per heavy atom. The normalized spacial score (nSPS) is 16.8. The predicted octanol–water partition coefficient (Wildman–Crippen LogP) is 3.28. The third kappa shape index (κ3) is 4.67. The molecular formula is C20H16ClN3O4S. The highest BCUT2D eigenvalue weighted by molar-refractivity contribution is 7.80. The zero-order chi connectivity index (χ0) is 21.0. The fraction of sp³-hybridized carbons (Fsp3) is 0.150. The van der Waals surface area contributed by atoms with Gasteiger partial charge in [-0.25, -0.2) is 4.79 Å². The van der Waals surface area contributed by atoms with Crippen molar-refractivity contribution in [2.24, 2.45) is 10.9 Å². The second kappa shape index (κ2) is 8.93. The molecule has 0 aliphatic carbocycles. The molecule has 0 radical (unpaired) electrons. The van der Waals surface area contributed by atoms with Gasteiger partial charge in [-0.3, -0.25) is 19.5 Å². The van der Waals surface area contributed by atoms with Crippen LogP contribution in [0.5, 0.6) is 0 Å². The molecular weight excluding hydrogens is 414 g/mol. The van der Waals surface area contributed by atoms with Crippen LogP contribution in [0, 0.1) is 5.92 Å². The molecule has 0 aromatic heterocycles. The minimum atomic E-state index is -1.15. The van der Waals surface area contributed by atoms with Gasteiger partial charge in [-0.05, 0) is 67.7 Å². The number of rotatable bonds is 5. The molecule has 1 fully saturated rings. The Labute approximate surface area is 177 Å². The third-order valence-electron chi connectivity index (χ3n) is 4.04. The highest BCUT2D eigenvalue weighted by Crippen LogP contribution is 2.23. The van der Waals surface area contributed by atoms with Crippen LogP contribution in [0.3, 0.4) is 0 Å². The maximum absolute atomic E-state index is 12.9. The van der Waals surface area contributed by atoms with Crippen LogP contribution in [0.4, 0.5) is 11.4 Å². The number of anilines is 1. The molecule has 3 rings (SSSR count). The molecule has 1 aliphatic heterocycles. The number of halogens is 1. The van der Waals surface area contributed by atoms with Crippen LogP contribution in [-0.4, -0.2) is 35.7 Å². The molecule has 0 spiro atoms. The number of nitrogens with one attached hydrogen (secondary N) is 1. The summed E-state index contributed by atoms with van der Waals surface area (Å²) < 4.78 is 4.92. The van der Waals surface area contributed by atoms with Crippen LogP contribution < -0.4 is 10.2 Å². The van der Waals surface area contributed by atoms with E-state index >= 15 is 0 Å². The van der Waals surface area contributed by atoms with Gasteiger partial charge >= 0.3 is 5.97 Å². The quantitative estimate of drug-likeness (QED) is 0.341.